The van der Waals surface area contributed by atoms with Crippen molar-refractivity contribution in [1.29, 1.82) is 0 Å². The van der Waals surface area contributed by atoms with Crippen LogP contribution in [0, 0.1) is 6.92 Å². The maximum Gasteiger partial charge on any atom is 0.339 e. The molecule has 0 unspecified atom stereocenters. The third-order valence-corrected chi connectivity index (χ3v) is 3.95. The summed E-state index contributed by atoms with van der Waals surface area (Å²) in [6.07, 6.45) is 0. The van der Waals surface area contributed by atoms with Crippen molar-refractivity contribution in [3.05, 3.63) is 35.5 Å². The van der Waals surface area contributed by atoms with Crippen molar-refractivity contribution in [3.8, 4) is 0 Å². The van der Waals surface area contributed by atoms with Gasteiger partial charge in [0, 0.05) is 11.8 Å². The largest absolute Gasteiger partial charge is 0.465 e. The molecule has 0 spiro atoms. The molecule has 2 aromatic rings. The number of hydrogen-bond donors (Lipinski definition) is 2. The number of aryl methyl sites for hydroxylation is 1. The Balaban J connectivity index is 2.48. The molecule has 0 atom stereocenters. The van der Waals surface area contributed by atoms with E-state index in [0.717, 1.165) is 13.2 Å². The number of benzene rings is 1. The van der Waals surface area contributed by atoms with E-state index in [1.807, 2.05) is 0 Å². The maximum absolute atomic E-state index is 12.3. The van der Waals surface area contributed by atoms with Crippen molar-refractivity contribution in [1.82, 2.24) is 5.16 Å². The van der Waals surface area contributed by atoms with Crippen LogP contribution in [-0.2, 0) is 14.8 Å². The summed E-state index contributed by atoms with van der Waals surface area (Å²) < 4.78 is 36.2. The molecule has 0 aliphatic carbocycles. The molecule has 0 aliphatic rings. The van der Waals surface area contributed by atoms with Gasteiger partial charge in [0.2, 0.25) is 5.88 Å². The molecule has 0 amide bonds. The number of carbonyl (C=O) groups excluding carboxylic acids is 1. The average Bonchev–Trinajstić information content (AvgIpc) is 2.82. The lowest BCUT2D eigenvalue weighted by Gasteiger charge is -2.10. The Labute approximate surface area is 120 Å². The van der Waals surface area contributed by atoms with Crippen LogP contribution in [0.1, 0.15) is 16.1 Å². The normalized spacial score (nSPS) is 11.1. The van der Waals surface area contributed by atoms with E-state index in [9.17, 15) is 13.2 Å². The SMILES string of the molecule is COC(=O)c1ccc(N)cc1S(=O)(=O)Nc1cc(C)no1. The smallest absolute Gasteiger partial charge is 0.339 e. The zero-order valence-corrected chi connectivity index (χ0v) is 12.1. The number of nitrogens with two attached hydrogens (primary N) is 1. The lowest BCUT2D eigenvalue weighted by molar-refractivity contribution is 0.0596. The molecule has 0 radical (unpaired) electrons. The number of anilines is 2. The van der Waals surface area contributed by atoms with Crippen molar-refractivity contribution in [2.75, 3.05) is 17.6 Å². The molecular formula is C12H13N3O5S. The summed E-state index contributed by atoms with van der Waals surface area (Å²) in [6, 6.07) is 5.25. The first-order valence-electron chi connectivity index (χ1n) is 5.77. The quantitative estimate of drug-likeness (QED) is 0.641. The molecule has 0 fully saturated rings. The molecule has 0 saturated heterocycles. The first-order chi connectivity index (χ1) is 9.83. The summed E-state index contributed by atoms with van der Waals surface area (Å²) in [4.78, 5) is 11.4. The first kappa shape index (κ1) is 14.9. The molecule has 1 aromatic carbocycles. The Morgan fingerprint density at radius 2 is 2.10 bits per heavy atom. The summed E-state index contributed by atoms with van der Waals surface area (Å²) in [5.41, 5.74) is 6.15. The highest BCUT2D eigenvalue weighted by molar-refractivity contribution is 7.92. The van der Waals surface area contributed by atoms with E-state index in [4.69, 9.17) is 10.3 Å². The van der Waals surface area contributed by atoms with Gasteiger partial charge >= 0.3 is 5.97 Å². The highest BCUT2D eigenvalue weighted by atomic mass is 32.2. The standard InChI is InChI=1S/C12H13N3O5S/c1-7-5-11(20-14-7)15-21(17,18)10-6-8(13)3-4-9(10)12(16)19-2/h3-6,15H,13H2,1-2H3. The van der Waals surface area contributed by atoms with E-state index in [1.54, 1.807) is 6.92 Å². The molecule has 112 valence electrons. The van der Waals surface area contributed by atoms with Gasteiger partial charge in [-0.05, 0) is 25.1 Å². The maximum atomic E-state index is 12.3. The fraction of sp³-hybridized carbons (Fsp3) is 0.167. The van der Waals surface area contributed by atoms with Gasteiger partial charge in [-0.2, -0.15) is 0 Å². The minimum absolute atomic E-state index is 0.0641. The van der Waals surface area contributed by atoms with Gasteiger partial charge < -0.3 is 15.0 Å². The van der Waals surface area contributed by atoms with E-state index in [1.165, 1.54) is 18.2 Å². The molecule has 3 N–H and O–H groups in total. The molecule has 2 rings (SSSR count). The number of rotatable bonds is 4. The van der Waals surface area contributed by atoms with E-state index in [0.29, 0.717) is 5.69 Å². The number of esters is 1. The Kier molecular flexibility index (Phi) is 3.85. The number of methoxy groups -OCH3 is 1. The van der Waals surface area contributed by atoms with Crippen LogP contribution in [0.15, 0.2) is 33.7 Å². The van der Waals surface area contributed by atoms with Gasteiger partial charge in [0.25, 0.3) is 10.0 Å². The van der Waals surface area contributed by atoms with Crippen LogP contribution < -0.4 is 10.5 Å². The fourth-order valence-electron chi connectivity index (χ4n) is 1.64. The van der Waals surface area contributed by atoms with Gasteiger partial charge in [0.1, 0.15) is 4.90 Å². The predicted octanol–water partition coefficient (Wildman–Crippen LogP) is 1.15. The van der Waals surface area contributed by atoms with Crippen LogP contribution in [0.25, 0.3) is 0 Å². The van der Waals surface area contributed by atoms with Crippen molar-refractivity contribution in [2.24, 2.45) is 0 Å². The number of ether oxygens (including phenoxy) is 1. The molecule has 9 heteroatoms. The van der Waals surface area contributed by atoms with Crippen LogP contribution in [0.4, 0.5) is 11.6 Å². The number of nitrogens with one attached hydrogen (secondary N) is 1. The number of aromatic nitrogens is 1. The van der Waals surface area contributed by atoms with Crippen molar-refractivity contribution in [2.45, 2.75) is 11.8 Å². The number of nitrogen functional groups attached to an aromatic ring is 1. The Bertz CT molecular complexity index is 782. The summed E-state index contributed by atoms with van der Waals surface area (Å²) in [6.45, 7) is 1.64. The molecule has 1 aromatic heterocycles. The third kappa shape index (κ3) is 3.14. The Hall–Kier alpha value is -2.55. The molecule has 8 nitrogen and oxygen atoms in total. The van der Waals surface area contributed by atoms with E-state index in [-0.39, 0.29) is 22.0 Å². The number of nitrogens with zero attached hydrogens (tertiary/aromatic N) is 1. The van der Waals surface area contributed by atoms with Gasteiger partial charge in [0.05, 0.1) is 18.4 Å². The molecule has 0 bridgehead atoms. The van der Waals surface area contributed by atoms with Crippen molar-refractivity contribution in [3.63, 3.8) is 0 Å². The van der Waals surface area contributed by atoms with Crippen LogP contribution in [0.2, 0.25) is 0 Å². The van der Waals surface area contributed by atoms with Crippen LogP contribution in [0.3, 0.4) is 0 Å². The van der Waals surface area contributed by atoms with Crippen molar-refractivity contribution >= 4 is 27.6 Å². The highest BCUT2D eigenvalue weighted by Gasteiger charge is 2.24. The van der Waals surface area contributed by atoms with Crippen LogP contribution >= 0.6 is 0 Å². The monoisotopic (exact) mass is 311 g/mol. The highest BCUT2D eigenvalue weighted by Crippen LogP contribution is 2.23. The first-order valence-corrected chi connectivity index (χ1v) is 7.26. The average molecular weight is 311 g/mol. The van der Waals surface area contributed by atoms with Gasteiger partial charge in [0.15, 0.2) is 0 Å². The van der Waals surface area contributed by atoms with Gasteiger partial charge in [-0.25, -0.2) is 17.9 Å². The number of sulfonamides is 1. The summed E-state index contributed by atoms with van der Waals surface area (Å²) in [5, 5.41) is 3.57. The minimum Gasteiger partial charge on any atom is -0.465 e. The van der Waals surface area contributed by atoms with Crippen LogP contribution in [-0.4, -0.2) is 26.7 Å². The Morgan fingerprint density at radius 3 is 2.67 bits per heavy atom. The second-order valence-electron chi connectivity index (χ2n) is 4.19. The summed E-state index contributed by atoms with van der Waals surface area (Å²) in [5.74, 6) is -0.852. The van der Waals surface area contributed by atoms with Crippen LogP contribution in [0.5, 0.6) is 0 Å². The van der Waals surface area contributed by atoms with E-state index >= 15 is 0 Å². The van der Waals surface area contributed by atoms with Gasteiger partial charge in [-0.3, -0.25) is 0 Å². The second kappa shape index (κ2) is 5.44. The lowest BCUT2D eigenvalue weighted by atomic mass is 10.2. The molecule has 0 saturated carbocycles. The van der Waals surface area contributed by atoms with Gasteiger partial charge in [-0.1, -0.05) is 5.16 Å². The summed E-state index contributed by atoms with van der Waals surface area (Å²) in [7, 11) is -2.92. The topological polar surface area (TPSA) is 125 Å². The molecular weight excluding hydrogens is 298 g/mol. The Morgan fingerprint density at radius 1 is 1.38 bits per heavy atom. The second-order valence-corrected chi connectivity index (χ2v) is 5.84. The summed E-state index contributed by atoms with van der Waals surface area (Å²) >= 11 is 0. The van der Waals surface area contributed by atoms with E-state index < -0.39 is 16.0 Å². The fourth-order valence-corrected chi connectivity index (χ4v) is 2.84. The zero-order chi connectivity index (χ0) is 15.6. The van der Waals surface area contributed by atoms with Crippen molar-refractivity contribution < 1.29 is 22.5 Å². The van der Waals surface area contributed by atoms with E-state index in [2.05, 4.69) is 14.6 Å². The minimum atomic E-state index is -4.07. The zero-order valence-electron chi connectivity index (χ0n) is 11.3. The molecule has 21 heavy (non-hydrogen) atoms. The third-order valence-electron chi connectivity index (χ3n) is 2.56. The number of carbonyl (C=O) groups is 1. The molecule has 0 aliphatic heterocycles. The predicted molar refractivity (Wildman–Crippen MR) is 74.2 cm³/mol. The van der Waals surface area contributed by atoms with Gasteiger partial charge in [-0.15, -0.1) is 0 Å². The lowest BCUT2D eigenvalue weighted by Crippen LogP contribution is -2.17. The number of hydrogen-bond acceptors (Lipinski definition) is 7. The molecule has 1 heterocycles.